The first-order chi connectivity index (χ1) is 8.71. The number of likely N-dealkylation sites (tertiary alicyclic amines) is 1. The van der Waals surface area contributed by atoms with Crippen molar-refractivity contribution in [2.45, 2.75) is 64.8 Å². The Morgan fingerprint density at radius 3 is 2.67 bits per heavy atom. The maximum absolute atomic E-state index is 12.3. The first-order valence-electron chi connectivity index (χ1n) is 7.73. The minimum atomic E-state index is 0.0975. The standard InChI is InChI=1S/C15H28N2O/c1-3-10-16-13-7-11-17(14(13)18)12-15(4-2)8-5-6-9-15/h13,16H,3-12H2,1-2H3. The summed E-state index contributed by atoms with van der Waals surface area (Å²) in [5.74, 6) is 0.350. The predicted octanol–water partition coefficient (Wildman–Crippen LogP) is 2.56. The fourth-order valence-electron chi connectivity index (χ4n) is 3.56. The smallest absolute Gasteiger partial charge is 0.239 e. The second kappa shape index (κ2) is 6.05. The summed E-state index contributed by atoms with van der Waals surface area (Å²) in [4.78, 5) is 14.4. The van der Waals surface area contributed by atoms with Gasteiger partial charge in [-0.3, -0.25) is 4.79 Å². The van der Waals surface area contributed by atoms with E-state index in [1.807, 2.05) is 0 Å². The minimum absolute atomic E-state index is 0.0975. The van der Waals surface area contributed by atoms with E-state index in [0.29, 0.717) is 11.3 Å². The molecule has 0 bridgehead atoms. The monoisotopic (exact) mass is 252 g/mol. The molecule has 18 heavy (non-hydrogen) atoms. The Hall–Kier alpha value is -0.570. The molecule has 0 spiro atoms. The van der Waals surface area contributed by atoms with Gasteiger partial charge in [0, 0.05) is 13.1 Å². The van der Waals surface area contributed by atoms with Crippen molar-refractivity contribution in [1.82, 2.24) is 10.2 Å². The van der Waals surface area contributed by atoms with Crippen molar-refractivity contribution in [3.8, 4) is 0 Å². The SMILES string of the molecule is CCCNC1CCN(CC2(CC)CCCC2)C1=O. The summed E-state index contributed by atoms with van der Waals surface area (Å²) in [6.07, 6.45) is 8.67. The van der Waals surface area contributed by atoms with E-state index in [4.69, 9.17) is 0 Å². The highest BCUT2D eigenvalue weighted by Gasteiger charge is 2.39. The lowest BCUT2D eigenvalue weighted by Crippen LogP contribution is -2.42. The van der Waals surface area contributed by atoms with E-state index in [0.717, 1.165) is 32.5 Å². The first-order valence-corrected chi connectivity index (χ1v) is 7.73. The Labute approximate surface area is 111 Å². The Morgan fingerprint density at radius 2 is 2.06 bits per heavy atom. The van der Waals surface area contributed by atoms with Crippen molar-refractivity contribution in [2.24, 2.45) is 5.41 Å². The largest absolute Gasteiger partial charge is 0.341 e. The number of carbonyl (C=O) groups excluding carboxylic acids is 1. The van der Waals surface area contributed by atoms with Gasteiger partial charge >= 0.3 is 0 Å². The molecule has 1 heterocycles. The summed E-state index contributed by atoms with van der Waals surface area (Å²) in [5, 5.41) is 3.38. The van der Waals surface area contributed by atoms with Crippen LogP contribution in [0, 0.1) is 5.41 Å². The number of nitrogens with one attached hydrogen (secondary N) is 1. The molecule has 0 aromatic heterocycles. The van der Waals surface area contributed by atoms with Crippen LogP contribution < -0.4 is 5.32 Å². The van der Waals surface area contributed by atoms with Crippen molar-refractivity contribution in [3.05, 3.63) is 0 Å². The van der Waals surface area contributed by atoms with Crippen molar-refractivity contribution in [1.29, 1.82) is 0 Å². The molecule has 0 radical (unpaired) electrons. The van der Waals surface area contributed by atoms with E-state index in [9.17, 15) is 4.79 Å². The van der Waals surface area contributed by atoms with E-state index in [1.54, 1.807) is 0 Å². The van der Waals surface area contributed by atoms with Crippen LogP contribution in [0.5, 0.6) is 0 Å². The molecule has 104 valence electrons. The molecule has 2 rings (SSSR count). The van der Waals surface area contributed by atoms with Crippen LogP contribution in [0.2, 0.25) is 0 Å². The average molecular weight is 252 g/mol. The molecule has 2 aliphatic rings. The second-order valence-electron chi connectivity index (χ2n) is 6.12. The number of rotatable bonds is 6. The Morgan fingerprint density at radius 1 is 1.33 bits per heavy atom. The van der Waals surface area contributed by atoms with E-state index in [2.05, 4.69) is 24.1 Å². The third kappa shape index (κ3) is 2.87. The zero-order chi connectivity index (χ0) is 13.0. The van der Waals surface area contributed by atoms with Gasteiger partial charge in [-0.2, -0.15) is 0 Å². The molecule has 3 nitrogen and oxygen atoms in total. The molecule has 2 fully saturated rings. The van der Waals surface area contributed by atoms with Crippen molar-refractivity contribution >= 4 is 5.91 Å². The average Bonchev–Trinajstić information content (AvgIpc) is 2.98. The fourth-order valence-corrected chi connectivity index (χ4v) is 3.56. The van der Waals surface area contributed by atoms with Crippen LogP contribution in [0.25, 0.3) is 0 Å². The zero-order valence-corrected chi connectivity index (χ0v) is 12.0. The molecule has 0 aromatic carbocycles. The molecule has 1 aliphatic heterocycles. The minimum Gasteiger partial charge on any atom is -0.341 e. The molecule has 0 aromatic rings. The van der Waals surface area contributed by atoms with Gasteiger partial charge in [0.15, 0.2) is 0 Å². The zero-order valence-electron chi connectivity index (χ0n) is 12.0. The van der Waals surface area contributed by atoms with E-state index in [-0.39, 0.29) is 6.04 Å². The highest BCUT2D eigenvalue weighted by atomic mass is 16.2. The van der Waals surface area contributed by atoms with Gasteiger partial charge in [-0.25, -0.2) is 0 Å². The van der Waals surface area contributed by atoms with Crippen molar-refractivity contribution in [3.63, 3.8) is 0 Å². The molecule has 1 N–H and O–H groups in total. The van der Waals surface area contributed by atoms with E-state index >= 15 is 0 Å². The summed E-state index contributed by atoms with van der Waals surface area (Å²) in [6, 6.07) is 0.0975. The van der Waals surface area contributed by atoms with Gasteiger partial charge in [-0.1, -0.05) is 26.7 Å². The normalized spacial score (nSPS) is 27.1. The van der Waals surface area contributed by atoms with Crippen LogP contribution in [0.4, 0.5) is 0 Å². The maximum atomic E-state index is 12.3. The lowest BCUT2D eigenvalue weighted by Gasteiger charge is -2.32. The molecular weight excluding hydrogens is 224 g/mol. The van der Waals surface area contributed by atoms with Crippen LogP contribution in [0.1, 0.15) is 58.8 Å². The fraction of sp³-hybridized carbons (Fsp3) is 0.933. The summed E-state index contributed by atoms with van der Waals surface area (Å²) < 4.78 is 0. The molecule has 1 atom stereocenters. The highest BCUT2D eigenvalue weighted by molar-refractivity contribution is 5.84. The third-order valence-corrected chi connectivity index (χ3v) is 4.88. The van der Waals surface area contributed by atoms with Gasteiger partial charge in [0.05, 0.1) is 6.04 Å². The Kier molecular flexibility index (Phi) is 4.66. The Bertz CT molecular complexity index is 284. The van der Waals surface area contributed by atoms with Crippen LogP contribution in [0.15, 0.2) is 0 Å². The molecule has 1 amide bonds. The molecule has 1 saturated carbocycles. The van der Waals surface area contributed by atoms with Gasteiger partial charge < -0.3 is 10.2 Å². The third-order valence-electron chi connectivity index (χ3n) is 4.88. The quantitative estimate of drug-likeness (QED) is 0.788. The molecule has 1 aliphatic carbocycles. The Balaban J connectivity index is 1.88. The molecule has 3 heteroatoms. The van der Waals surface area contributed by atoms with Gasteiger partial charge in [-0.15, -0.1) is 0 Å². The molecule has 1 saturated heterocycles. The van der Waals surface area contributed by atoms with E-state index in [1.165, 1.54) is 32.1 Å². The van der Waals surface area contributed by atoms with Crippen LogP contribution in [-0.2, 0) is 4.79 Å². The van der Waals surface area contributed by atoms with Crippen LogP contribution in [-0.4, -0.2) is 36.5 Å². The van der Waals surface area contributed by atoms with Crippen LogP contribution in [0.3, 0.4) is 0 Å². The van der Waals surface area contributed by atoms with Gasteiger partial charge in [0.2, 0.25) is 5.91 Å². The summed E-state index contributed by atoms with van der Waals surface area (Å²) in [5.41, 5.74) is 0.440. The van der Waals surface area contributed by atoms with Crippen LogP contribution >= 0.6 is 0 Å². The number of nitrogens with zero attached hydrogens (tertiary/aromatic N) is 1. The van der Waals surface area contributed by atoms with E-state index < -0.39 is 0 Å². The van der Waals surface area contributed by atoms with Crippen molar-refractivity contribution < 1.29 is 4.79 Å². The van der Waals surface area contributed by atoms with Crippen molar-refractivity contribution in [2.75, 3.05) is 19.6 Å². The van der Waals surface area contributed by atoms with Gasteiger partial charge in [-0.05, 0) is 44.1 Å². The lowest BCUT2D eigenvalue weighted by atomic mass is 9.83. The summed E-state index contributed by atoms with van der Waals surface area (Å²) in [7, 11) is 0. The topological polar surface area (TPSA) is 32.3 Å². The highest BCUT2D eigenvalue weighted by Crippen LogP contribution is 2.42. The molecular formula is C15H28N2O. The molecule has 1 unspecified atom stereocenters. The lowest BCUT2D eigenvalue weighted by molar-refractivity contribution is -0.130. The summed E-state index contributed by atoms with van der Waals surface area (Å²) in [6.45, 7) is 7.37. The number of hydrogen-bond acceptors (Lipinski definition) is 2. The number of hydrogen-bond donors (Lipinski definition) is 1. The maximum Gasteiger partial charge on any atom is 0.239 e. The first kappa shape index (κ1) is 13.9. The second-order valence-corrected chi connectivity index (χ2v) is 6.12. The van der Waals surface area contributed by atoms with Gasteiger partial charge in [0.25, 0.3) is 0 Å². The number of carbonyl (C=O) groups is 1. The predicted molar refractivity (Wildman–Crippen MR) is 74.5 cm³/mol. The number of amides is 1. The summed E-state index contributed by atoms with van der Waals surface area (Å²) >= 11 is 0. The van der Waals surface area contributed by atoms with Gasteiger partial charge in [0.1, 0.15) is 0 Å².